The summed E-state index contributed by atoms with van der Waals surface area (Å²) in [6.45, 7) is 9.03. The summed E-state index contributed by atoms with van der Waals surface area (Å²) in [5, 5.41) is 3.85. The zero-order valence-corrected chi connectivity index (χ0v) is 18.1. The smallest absolute Gasteiger partial charge is 0.323 e. The summed E-state index contributed by atoms with van der Waals surface area (Å²) in [6.07, 6.45) is 3.12. The second-order valence-electron chi connectivity index (χ2n) is 8.93. The van der Waals surface area contributed by atoms with Gasteiger partial charge in [0.05, 0.1) is 6.67 Å². The molecule has 1 saturated carbocycles. The van der Waals surface area contributed by atoms with Crippen molar-refractivity contribution < 1.29 is 9.59 Å². The molecule has 3 amide bonds. The molecule has 0 aromatic heterocycles. The maximum atomic E-state index is 13.3. The van der Waals surface area contributed by atoms with Crippen molar-refractivity contribution in [1.82, 2.24) is 20.0 Å². The Balaban J connectivity index is 1.34. The third kappa shape index (κ3) is 3.90. The van der Waals surface area contributed by atoms with Crippen LogP contribution >= 0.6 is 11.6 Å². The number of imide groups is 1. The van der Waals surface area contributed by atoms with E-state index in [9.17, 15) is 9.59 Å². The van der Waals surface area contributed by atoms with Crippen LogP contribution in [0.5, 0.6) is 0 Å². The van der Waals surface area contributed by atoms with E-state index in [1.807, 2.05) is 12.1 Å². The summed E-state index contributed by atoms with van der Waals surface area (Å²) in [5.74, 6) is 0.346. The third-order valence-electron chi connectivity index (χ3n) is 7.11. The minimum absolute atomic E-state index is 0.0224. The van der Waals surface area contributed by atoms with E-state index in [1.54, 1.807) is 0 Å². The molecule has 2 saturated heterocycles. The van der Waals surface area contributed by atoms with Crippen LogP contribution in [0.25, 0.3) is 0 Å². The normalized spacial score (nSPS) is 31.5. The summed E-state index contributed by atoms with van der Waals surface area (Å²) >= 11 is 5.96. The van der Waals surface area contributed by atoms with Crippen molar-refractivity contribution in [2.24, 2.45) is 11.8 Å². The first-order valence-corrected chi connectivity index (χ1v) is 11.1. The molecule has 2 heterocycles. The van der Waals surface area contributed by atoms with Crippen molar-refractivity contribution in [3.8, 4) is 0 Å². The lowest BCUT2D eigenvalue weighted by molar-refractivity contribution is -0.138. The Kier molecular flexibility index (Phi) is 5.87. The minimum Gasteiger partial charge on any atom is -0.323 e. The van der Waals surface area contributed by atoms with Gasteiger partial charge >= 0.3 is 6.03 Å². The fourth-order valence-corrected chi connectivity index (χ4v) is 5.34. The molecule has 4 rings (SSSR count). The number of amides is 3. The van der Waals surface area contributed by atoms with Gasteiger partial charge in [0.25, 0.3) is 5.91 Å². The van der Waals surface area contributed by atoms with E-state index in [4.69, 9.17) is 11.6 Å². The van der Waals surface area contributed by atoms with Gasteiger partial charge in [-0.05, 0) is 42.4 Å². The molecule has 3 aliphatic rings. The lowest BCUT2D eigenvalue weighted by Gasteiger charge is -2.42. The highest BCUT2D eigenvalue weighted by atomic mass is 35.5. The monoisotopic (exact) mass is 418 g/mol. The third-order valence-corrected chi connectivity index (χ3v) is 7.36. The van der Waals surface area contributed by atoms with Crippen LogP contribution in [0.1, 0.15) is 38.7 Å². The van der Waals surface area contributed by atoms with Gasteiger partial charge in [-0.15, -0.1) is 0 Å². The Morgan fingerprint density at radius 2 is 1.59 bits per heavy atom. The van der Waals surface area contributed by atoms with Gasteiger partial charge < -0.3 is 5.32 Å². The standard InChI is InChI=1S/C22H31ClN4O2/c1-16-4-3-5-17(2)22(16)20(28)27(21(29)24-22)15-26-12-10-25(11-13-26)14-18-6-8-19(23)9-7-18/h6-9,16-17H,3-5,10-15H2,1-2H3,(H,24,29). The average Bonchev–Trinajstić information content (AvgIpc) is 2.95. The number of hydrogen-bond donors (Lipinski definition) is 1. The van der Waals surface area contributed by atoms with Crippen LogP contribution in [-0.4, -0.2) is 65.0 Å². The number of benzene rings is 1. The molecule has 1 aromatic rings. The molecule has 1 aromatic carbocycles. The van der Waals surface area contributed by atoms with Crippen molar-refractivity contribution in [2.45, 2.75) is 45.2 Å². The number of carbonyl (C=O) groups is 2. The molecule has 1 N–H and O–H groups in total. The van der Waals surface area contributed by atoms with Crippen LogP contribution in [0.3, 0.4) is 0 Å². The van der Waals surface area contributed by atoms with Crippen LogP contribution < -0.4 is 5.32 Å². The molecule has 0 bridgehead atoms. The highest BCUT2D eigenvalue weighted by Gasteiger charge is 2.58. The van der Waals surface area contributed by atoms with Gasteiger partial charge in [0, 0.05) is 37.7 Å². The predicted molar refractivity (Wildman–Crippen MR) is 113 cm³/mol. The van der Waals surface area contributed by atoms with Gasteiger partial charge in [-0.3, -0.25) is 14.6 Å². The molecule has 3 fully saturated rings. The Hall–Kier alpha value is -1.63. The molecule has 29 heavy (non-hydrogen) atoms. The summed E-state index contributed by atoms with van der Waals surface area (Å²) in [7, 11) is 0. The van der Waals surface area contributed by atoms with Gasteiger partial charge in [-0.2, -0.15) is 0 Å². The van der Waals surface area contributed by atoms with E-state index in [1.165, 1.54) is 10.5 Å². The lowest BCUT2D eigenvalue weighted by atomic mass is 9.67. The quantitative estimate of drug-likeness (QED) is 0.763. The minimum atomic E-state index is -0.703. The van der Waals surface area contributed by atoms with E-state index in [2.05, 4.69) is 41.1 Å². The summed E-state index contributed by atoms with van der Waals surface area (Å²) in [6, 6.07) is 7.75. The molecular formula is C22H31ClN4O2. The zero-order valence-electron chi connectivity index (χ0n) is 17.4. The number of urea groups is 1. The zero-order chi connectivity index (χ0) is 20.6. The lowest BCUT2D eigenvalue weighted by Crippen LogP contribution is -2.59. The van der Waals surface area contributed by atoms with Crippen molar-refractivity contribution >= 4 is 23.5 Å². The van der Waals surface area contributed by atoms with Crippen LogP contribution in [0, 0.1) is 11.8 Å². The van der Waals surface area contributed by atoms with E-state index >= 15 is 0 Å². The first-order chi connectivity index (χ1) is 13.9. The maximum absolute atomic E-state index is 13.3. The van der Waals surface area contributed by atoms with E-state index in [0.717, 1.165) is 57.0 Å². The maximum Gasteiger partial charge on any atom is 0.326 e. The SMILES string of the molecule is CC1CCCC(C)C12NC(=O)N(CN1CCN(Cc3ccc(Cl)cc3)CC1)C2=O. The molecule has 1 aliphatic carbocycles. The summed E-state index contributed by atoms with van der Waals surface area (Å²) in [4.78, 5) is 32.1. The van der Waals surface area contributed by atoms with E-state index in [0.29, 0.717) is 6.67 Å². The highest BCUT2D eigenvalue weighted by Crippen LogP contribution is 2.42. The first-order valence-electron chi connectivity index (χ1n) is 10.7. The van der Waals surface area contributed by atoms with Gasteiger partial charge in [0.2, 0.25) is 0 Å². The first kappa shape index (κ1) is 20.6. The van der Waals surface area contributed by atoms with E-state index in [-0.39, 0.29) is 23.8 Å². The van der Waals surface area contributed by atoms with Crippen LogP contribution in [-0.2, 0) is 11.3 Å². The molecular weight excluding hydrogens is 388 g/mol. The Morgan fingerprint density at radius 3 is 2.21 bits per heavy atom. The fourth-order valence-electron chi connectivity index (χ4n) is 5.22. The van der Waals surface area contributed by atoms with Crippen molar-refractivity contribution in [3.05, 3.63) is 34.9 Å². The largest absolute Gasteiger partial charge is 0.326 e. The number of nitrogens with zero attached hydrogens (tertiary/aromatic N) is 3. The summed E-state index contributed by atoms with van der Waals surface area (Å²) in [5.41, 5.74) is 0.547. The van der Waals surface area contributed by atoms with Gasteiger partial charge in [-0.25, -0.2) is 9.69 Å². The number of rotatable bonds is 4. The van der Waals surface area contributed by atoms with Gasteiger partial charge in [0.15, 0.2) is 0 Å². The number of hydrogen-bond acceptors (Lipinski definition) is 4. The Morgan fingerprint density at radius 1 is 1.00 bits per heavy atom. The number of carbonyl (C=O) groups excluding carboxylic acids is 2. The van der Waals surface area contributed by atoms with Gasteiger partial charge in [-0.1, -0.05) is 44.0 Å². The second-order valence-corrected chi connectivity index (χ2v) is 9.36. The molecule has 158 valence electrons. The van der Waals surface area contributed by atoms with Gasteiger partial charge in [0.1, 0.15) is 5.54 Å². The average molecular weight is 419 g/mol. The number of halogens is 1. The molecule has 6 nitrogen and oxygen atoms in total. The van der Waals surface area contributed by atoms with Crippen molar-refractivity contribution in [2.75, 3.05) is 32.8 Å². The molecule has 7 heteroatoms. The topological polar surface area (TPSA) is 55.9 Å². The van der Waals surface area contributed by atoms with Crippen molar-refractivity contribution in [1.29, 1.82) is 0 Å². The molecule has 2 aliphatic heterocycles. The predicted octanol–water partition coefficient (Wildman–Crippen LogP) is 3.16. The fraction of sp³-hybridized carbons (Fsp3) is 0.636. The number of piperazine rings is 1. The Bertz CT molecular complexity index is 751. The number of nitrogens with one attached hydrogen (secondary N) is 1. The second kappa shape index (κ2) is 8.25. The molecule has 1 spiro atoms. The van der Waals surface area contributed by atoms with Crippen LogP contribution in [0.2, 0.25) is 5.02 Å². The molecule has 0 radical (unpaired) electrons. The highest BCUT2D eigenvalue weighted by molar-refractivity contribution is 6.30. The van der Waals surface area contributed by atoms with Crippen molar-refractivity contribution in [3.63, 3.8) is 0 Å². The molecule has 2 unspecified atom stereocenters. The van der Waals surface area contributed by atoms with Crippen LogP contribution in [0.15, 0.2) is 24.3 Å². The van der Waals surface area contributed by atoms with Crippen LogP contribution in [0.4, 0.5) is 4.79 Å². The summed E-state index contributed by atoms with van der Waals surface area (Å²) < 4.78 is 0. The Labute approximate surface area is 178 Å². The van der Waals surface area contributed by atoms with E-state index < -0.39 is 5.54 Å². The molecule has 2 atom stereocenters.